The van der Waals surface area contributed by atoms with Crippen LogP contribution in [0.2, 0.25) is 0 Å². The molecular weight excluding hydrogens is 116 g/mol. The molecule has 48 valence electrons. The Kier molecular flexibility index (Phi) is 7.67. The Labute approximate surface area is 57.1 Å². The molecule has 0 N–H and O–H groups in total. The van der Waals surface area contributed by atoms with Crippen molar-refractivity contribution < 1.29 is 0 Å². The summed E-state index contributed by atoms with van der Waals surface area (Å²) in [6.45, 7) is 3.76. The lowest BCUT2D eigenvalue weighted by Crippen LogP contribution is -1.77. The maximum Gasteiger partial charge on any atom is 0.00235 e. The molecule has 0 fully saturated rings. The molecule has 1 heteroatoms. The highest BCUT2D eigenvalue weighted by molar-refractivity contribution is 8.00. The third-order valence-corrected chi connectivity index (χ3v) is 1.62. The number of hydrogen-bond acceptors (Lipinski definition) is 1. The molecular formula is C7H14S. The highest BCUT2D eigenvalue weighted by Gasteiger charge is 1.83. The van der Waals surface area contributed by atoms with E-state index in [1.165, 1.54) is 25.0 Å². The van der Waals surface area contributed by atoms with E-state index in [0.717, 1.165) is 6.42 Å². The molecule has 0 aliphatic heterocycles. The lowest BCUT2D eigenvalue weighted by Gasteiger charge is -1.93. The Morgan fingerprint density at radius 1 is 1.12 bits per heavy atom. The molecule has 2 radical (unpaired) electrons. The van der Waals surface area contributed by atoms with Gasteiger partial charge in [-0.25, -0.2) is 0 Å². The average Bonchev–Trinajstić information content (AvgIpc) is 1.81. The second-order valence-electron chi connectivity index (χ2n) is 1.82. The van der Waals surface area contributed by atoms with Gasteiger partial charge in [0.05, 0.1) is 0 Å². The highest BCUT2D eigenvalue weighted by Crippen LogP contribution is 2.04. The van der Waals surface area contributed by atoms with Crippen molar-refractivity contribution in [2.45, 2.75) is 25.7 Å². The maximum atomic E-state index is 3.76. The van der Waals surface area contributed by atoms with Crippen LogP contribution < -0.4 is 0 Å². The van der Waals surface area contributed by atoms with Gasteiger partial charge < -0.3 is 0 Å². The van der Waals surface area contributed by atoms with Gasteiger partial charge in [-0.1, -0.05) is 26.2 Å². The highest BCUT2D eigenvalue weighted by atomic mass is 32.2. The molecule has 0 bridgehead atoms. The van der Waals surface area contributed by atoms with Crippen molar-refractivity contribution in [3.63, 3.8) is 0 Å². The van der Waals surface area contributed by atoms with Crippen LogP contribution in [0.5, 0.6) is 0 Å². The first-order chi connectivity index (χ1) is 3.91. The quantitative estimate of drug-likeness (QED) is 0.516. The fraction of sp³-hybridized carbons (Fsp3) is 0.714. The van der Waals surface area contributed by atoms with Crippen molar-refractivity contribution in [2.75, 3.05) is 5.75 Å². The summed E-state index contributed by atoms with van der Waals surface area (Å²) in [6.07, 6.45) is 8.68. The smallest absolute Gasteiger partial charge is 0.00235 e. The fourth-order valence-electron chi connectivity index (χ4n) is 0.558. The second kappa shape index (κ2) is 7.35. The predicted molar refractivity (Wildman–Crippen MR) is 41.6 cm³/mol. The van der Waals surface area contributed by atoms with Gasteiger partial charge in [0.1, 0.15) is 0 Å². The normalized spacial score (nSPS) is 9.75. The summed E-state index contributed by atoms with van der Waals surface area (Å²) in [5, 5.41) is 0. The van der Waals surface area contributed by atoms with Gasteiger partial charge in [-0.3, -0.25) is 0 Å². The van der Waals surface area contributed by atoms with Gasteiger partial charge in [-0.2, -0.15) is 11.8 Å². The first-order valence-electron chi connectivity index (χ1n) is 3.08. The van der Waals surface area contributed by atoms with Gasteiger partial charge in [0, 0.05) is 6.26 Å². The van der Waals surface area contributed by atoms with E-state index in [2.05, 4.69) is 13.2 Å². The third kappa shape index (κ3) is 6.35. The van der Waals surface area contributed by atoms with E-state index >= 15 is 0 Å². The first kappa shape index (κ1) is 8.35. The van der Waals surface area contributed by atoms with Gasteiger partial charge in [-0.05, 0) is 12.2 Å². The molecule has 0 aliphatic rings. The Bertz CT molecular complexity index is 29.4. The standard InChI is InChI=1S/C7H14S/c1-3-4-5-6-7-8-2/h1-7H2. The largest absolute Gasteiger partial charge is 0.161 e. The summed E-state index contributed by atoms with van der Waals surface area (Å²) in [6, 6.07) is 0. The molecule has 0 heterocycles. The van der Waals surface area contributed by atoms with E-state index in [0.29, 0.717) is 0 Å². The van der Waals surface area contributed by atoms with Crippen LogP contribution in [0.1, 0.15) is 25.7 Å². The van der Waals surface area contributed by atoms with E-state index in [9.17, 15) is 0 Å². The minimum atomic E-state index is 1.09. The van der Waals surface area contributed by atoms with Crippen LogP contribution in [-0.4, -0.2) is 5.75 Å². The average molecular weight is 130 g/mol. The number of unbranched alkanes of at least 4 members (excludes halogenated alkanes) is 3. The molecule has 0 atom stereocenters. The number of rotatable bonds is 5. The Hall–Kier alpha value is 0.350. The number of hydrogen-bond donors (Lipinski definition) is 0. The molecule has 0 rings (SSSR count). The molecule has 0 nitrogen and oxygen atoms in total. The molecule has 0 unspecified atom stereocenters. The third-order valence-electron chi connectivity index (χ3n) is 1.04. The monoisotopic (exact) mass is 130 g/mol. The van der Waals surface area contributed by atoms with Gasteiger partial charge in [0.2, 0.25) is 0 Å². The lowest BCUT2D eigenvalue weighted by atomic mass is 10.2. The second-order valence-corrected chi connectivity index (χ2v) is 2.64. The summed E-state index contributed by atoms with van der Waals surface area (Å²) >= 11 is 1.68. The van der Waals surface area contributed by atoms with Crippen LogP contribution in [-0.2, 0) is 0 Å². The summed E-state index contributed by atoms with van der Waals surface area (Å²) < 4.78 is 0. The summed E-state index contributed by atoms with van der Waals surface area (Å²) in [5.74, 6) is 1.21. The van der Waals surface area contributed by atoms with Crippen molar-refractivity contribution in [1.82, 2.24) is 0 Å². The molecule has 0 saturated carbocycles. The lowest BCUT2D eigenvalue weighted by molar-refractivity contribution is 0.733. The summed E-state index contributed by atoms with van der Waals surface area (Å²) in [5.41, 5.74) is 0. The van der Waals surface area contributed by atoms with Gasteiger partial charge in [0.25, 0.3) is 0 Å². The molecule has 0 aromatic carbocycles. The number of thioether (sulfide) groups is 1. The maximum absolute atomic E-state index is 3.76. The minimum Gasteiger partial charge on any atom is -0.161 e. The topological polar surface area (TPSA) is 0 Å². The van der Waals surface area contributed by atoms with Gasteiger partial charge >= 0.3 is 0 Å². The van der Waals surface area contributed by atoms with E-state index in [4.69, 9.17) is 0 Å². The van der Waals surface area contributed by atoms with Crippen LogP contribution in [0, 0.1) is 13.2 Å². The van der Waals surface area contributed by atoms with Crippen LogP contribution in [0.25, 0.3) is 0 Å². The van der Waals surface area contributed by atoms with Crippen LogP contribution >= 0.6 is 11.8 Å². The van der Waals surface area contributed by atoms with Crippen molar-refractivity contribution in [2.24, 2.45) is 0 Å². The zero-order valence-corrected chi connectivity index (χ0v) is 6.17. The van der Waals surface area contributed by atoms with E-state index in [-0.39, 0.29) is 0 Å². The van der Waals surface area contributed by atoms with Crippen LogP contribution in [0.3, 0.4) is 0 Å². The van der Waals surface area contributed by atoms with E-state index < -0.39 is 0 Å². The van der Waals surface area contributed by atoms with Crippen molar-refractivity contribution in [1.29, 1.82) is 0 Å². The molecule has 8 heavy (non-hydrogen) atoms. The van der Waals surface area contributed by atoms with Crippen LogP contribution in [0.15, 0.2) is 0 Å². The minimum absolute atomic E-state index is 1.09. The zero-order valence-electron chi connectivity index (χ0n) is 5.36. The van der Waals surface area contributed by atoms with Gasteiger partial charge in [0.15, 0.2) is 0 Å². The fourth-order valence-corrected chi connectivity index (χ4v) is 0.966. The Balaban J connectivity index is 2.53. The summed E-state index contributed by atoms with van der Waals surface area (Å²) in [4.78, 5) is 0. The summed E-state index contributed by atoms with van der Waals surface area (Å²) in [7, 11) is 0. The zero-order chi connectivity index (χ0) is 6.24. The van der Waals surface area contributed by atoms with Crippen LogP contribution in [0.4, 0.5) is 0 Å². The van der Waals surface area contributed by atoms with Crippen molar-refractivity contribution in [3.05, 3.63) is 13.2 Å². The van der Waals surface area contributed by atoms with E-state index in [1.807, 2.05) is 0 Å². The first-order valence-corrected chi connectivity index (χ1v) is 4.23. The van der Waals surface area contributed by atoms with Crippen molar-refractivity contribution >= 4 is 11.8 Å². The Morgan fingerprint density at radius 2 is 1.88 bits per heavy atom. The van der Waals surface area contributed by atoms with Crippen molar-refractivity contribution in [3.8, 4) is 0 Å². The molecule has 0 spiro atoms. The Morgan fingerprint density at radius 3 is 2.38 bits per heavy atom. The molecule has 0 saturated heterocycles. The molecule has 0 aliphatic carbocycles. The predicted octanol–water partition coefficient (Wildman–Crippen LogP) is 2.91. The van der Waals surface area contributed by atoms with E-state index in [1.54, 1.807) is 11.8 Å². The molecule has 0 amide bonds. The van der Waals surface area contributed by atoms with Gasteiger partial charge in [-0.15, -0.1) is 0 Å². The SMILES string of the molecule is [CH2]CCCCCS[CH2]. The molecule has 0 aromatic rings. The molecule has 0 aromatic heterocycles.